The van der Waals surface area contributed by atoms with Crippen molar-refractivity contribution in [2.24, 2.45) is 17.3 Å². The van der Waals surface area contributed by atoms with E-state index in [1.807, 2.05) is 36.4 Å². The standard InChI is InChI=1S/C29H34ClNO4/c1-29-13-12-20-21(23(29)10-11-26(29)31-27(32)17-30)9-8-19-15-25(24(34-2)16-22(19)20)35-28(33)14-18-6-4-3-5-7-18/h3-7,15-16,20-21,23,26H,8-14,17H2,1-2H3,(H,31,32)/t20?,21?,23?,26-,29-/m0/s1. The Balaban J connectivity index is 1.35. The summed E-state index contributed by atoms with van der Waals surface area (Å²) in [5.74, 6) is 2.46. The first-order chi connectivity index (χ1) is 16.9. The van der Waals surface area contributed by atoms with E-state index in [1.54, 1.807) is 7.11 Å². The summed E-state index contributed by atoms with van der Waals surface area (Å²) in [5, 5.41) is 3.20. The van der Waals surface area contributed by atoms with Crippen molar-refractivity contribution < 1.29 is 19.1 Å². The Kier molecular flexibility index (Phi) is 6.80. The summed E-state index contributed by atoms with van der Waals surface area (Å²) in [4.78, 5) is 24.6. The van der Waals surface area contributed by atoms with Gasteiger partial charge in [0.2, 0.25) is 5.91 Å². The van der Waals surface area contributed by atoms with E-state index in [4.69, 9.17) is 21.1 Å². The Morgan fingerprint density at radius 1 is 1.09 bits per heavy atom. The number of rotatable bonds is 6. The van der Waals surface area contributed by atoms with Crippen molar-refractivity contribution in [3.63, 3.8) is 0 Å². The van der Waals surface area contributed by atoms with Gasteiger partial charge in [0.1, 0.15) is 5.88 Å². The second-order valence-electron chi connectivity index (χ2n) is 10.6. The molecule has 3 aliphatic rings. The fourth-order valence-electron chi connectivity index (χ4n) is 7.21. The Bertz CT molecular complexity index is 1100. The third kappa shape index (κ3) is 4.55. The smallest absolute Gasteiger partial charge is 0.315 e. The quantitative estimate of drug-likeness (QED) is 0.330. The molecule has 2 saturated carbocycles. The molecule has 5 nitrogen and oxygen atoms in total. The number of carbonyl (C=O) groups is 2. The molecule has 0 aromatic heterocycles. The van der Waals surface area contributed by atoms with Crippen LogP contribution in [0.3, 0.4) is 0 Å². The molecule has 0 aliphatic heterocycles. The van der Waals surface area contributed by atoms with Crippen LogP contribution >= 0.6 is 11.6 Å². The van der Waals surface area contributed by atoms with Gasteiger partial charge in [-0.25, -0.2) is 0 Å². The SMILES string of the molecule is COc1cc2c(cc1OC(=O)Cc1ccccc1)CCC1C2CC[C@@]2(C)C1CC[C@@H]2NC(=O)CCl. The molecule has 0 saturated heterocycles. The van der Waals surface area contributed by atoms with Gasteiger partial charge < -0.3 is 14.8 Å². The topological polar surface area (TPSA) is 64.6 Å². The van der Waals surface area contributed by atoms with Gasteiger partial charge in [-0.3, -0.25) is 9.59 Å². The summed E-state index contributed by atoms with van der Waals surface area (Å²) >= 11 is 5.78. The first kappa shape index (κ1) is 24.2. The number of carbonyl (C=O) groups excluding carboxylic acids is 2. The molecule has 35 heavy (non-hydrogen) atoms. The fourth-order valence-corrected chi connectivity index (χ4v) is 7.29. The average Bonchev–Trinajstić information content (AvgIpc) is 3.19. The van der Waals surface area contributed by atoms with Gasteiger partial charge in [0, 0.05) is 6.04 Å². The summed E-state index contributed by atoms with van der Waals surface area (Å²) in [6, 6.07) is 14.0. The number of benzene rings is 2. The maximum Gasteiger partial charge on any atom is 0.315 e. The number of amides is 1. The fraction of sp³-hybridized carbons (Fsp3) is 0.517. The molecule has 6 heteroatoms. The number of hydrogen-bond acceptors (Lipinski definition) is 4. The van der Waals surface area contributed by atoms with Gasteiger partial charge in [0.25, 0.3) is 0 Å². The molecule has 5 rings (SSSR count). The van der Waals surface area contributed by atoms with Gasteiger partial charge in [-0.1, -0.05) is 37.3 Å². The normalized spacial score (nSPS) is 28.9. The highest BCUT2D eigenvalue weighted by molar-refractivity contribution is 6.27. The van der Waals surface area contributed by atoms with Crippen LogP contribution in [0.2, 0.25) is 0 Å². The van der Waals surface area contributed by atoms with Crippen molar-refractivity contribution >= 4 is 23.5 Å². The molecule has 2 aromatic rings. The van der Waals surface area contributed by atoms with E-state index in [0.717, 1.165) is 44.1 Å². The molecule has 1 N–H and O–H groups in total. The van der Waals surface area contributed by atoms with Gasteiger partial charge in [-0.05, 0) is 90.5 Å². The largest absolute Gasteiger partial charge is 0.493 e. The molecular weight excluding hydrogens is 462 g/mol. The monoisotopic (exact) mass is 495 g/mol. The van der Waals surface area contributed by atoms with E-state index in [2.05, 4.69) is 18.3 Å². The molecule has 2 aromatic carbocycles. The number of ether oxygens (including phenoxy) is 2. The number of alkyl halides is 1. The molecule has 3 unspecified atom stereocenters. The van der Waals surface area contributed by atoms with Crippen molar-refractivity contribution in [2.75, 3.05) is 13.0 Å². The van der Waals surface area contributed by atoms with Gasteiger partial charge in [-0.15, -0.1) is 11.6 Å². The Labute approximate surface area is 212 Å². The Hall–Kier alpha value is -2.53. The molecule has 1 amide bonds. The highest BCUT2D eigenvalue weighted by atomic mass is 35.5. The van der Waals surface area contributed by atoms with Crippen LogP contribution < -0.4 is 14.8 Å². The molecule has 0 bridgehead atoms. The van der Waals surface area contributed by atoms with Crippen LogP contribution in [0.4, 0.5) is 0 Å². The number of fused-ring (bicyclic) bond motifs is 5. The first-order valence-corrected chi connectivity index (χ1v) is 13.3. The number of aryl methyl sites for hydroxylation is 1. The Morgan fingerprint density at radius 3 is 2.63 bits per heavy atom. The van der Waals surface area contributed by atoms with E-state index in [-0.39, 0.29) is 35.6 Å². The van der Waals surface area contributed by atoms with Gasteiger partial charge in [-0.2, -0.15) is 0 Å². The summed E-state index contributed by atoms with van der Waals surface area (Å²) in [6.45, 7) is 2.37. The van der Waals surface area contributed by atoms with Crippen LogP contribution in [0.1, 0.15) is 61.6 Å². The van der Waals surface area contributed by atoms with Crippen LogP contribution in [0.25, 0.3) is 0 Å². The van der Waals surface area contributed by atoms with Gasteiger partial charge in [0.05, 0.1) is 13.5 Å². The molecule has 3 aliphatic carbocycles. The van der Waals surface area contributed by atoms with Crippen molar-refractivity contribution in [2.45, 2.75) is 63.8 Å². The molecule has 0 spiro atoms. The summed E-state index contributed by atoms with van der Waals surface area (Å²) in [6.07, 6.45) is 6.67. The third-order valence-corrected chi connectivity index (χ3v) is 9.12. The zero-order valence-electron chi connectivity index (χ0n) is 20.5. The third-order valence-electron chi connectivity index (χ3n) is 8.88. The number of nitrogens with one attached hydrogen (secondary N) is 1. The lowest BCUT2D eigenvalue weighted by atomic mass is 9.55. The molecule has 5 atom stereocenters. The molecule has 2 fully saturated rings. The molecular formula is C29H34ClNO4. The summed E-state index contributed by atoms with van der Waals surface area (Å²) < 4.78 is 11.5. The highest BCUT2D eigenvalue weighted by Crippen LogP contribution is 2.61. The minimum atomic E-state index is -0.285. The number of esters is 1. The van der Waals surface area contributed by atoms with Crippen LogP contribution in [0.15, 0.2) is 42.5 Å². The average molecular weight is 496 g/mol. The predicted molar refractivity (Wildman–Crippen MR) is 136 cm³/mol. The zero-order valence-corrected chi connectivity index (χ0v) is 21.3. The Morgan fingerprint density at radius 2 is 1.89 bits per heavy atom. The van der Waals surface area contributed by atoms with Gasteiger partial charge in [0.15, 0.2) is 11.5 Å². The van der Waals surface area contributed by atoms with Crippen LogP contribution in [0, 0.1) is 17.3 Å². The number of halogens is 1. The van der Waals surface area contributed by atoms with Crippen LogP contribution in [-0.2, 0) is 22.4 Å². The van der Waals surface area contributed by atoms with Crippen LogP contribution in [-0.4, -0.2) is 30.9 Å². The minimum Gasteiger partial charge on any atom is -0.493 e. The maximum absolute atomic E-state index is 12.6. The van der Waals surface area contributed by atoms with Crippen molar-refractivity contribution in [1.29, 1.82) is 0 Å². The predicted octanol–water partition coefficient (Wildman–Crippen LogP) is 5.42. The second kappa shape index (κ2) is 9.85. The lowest BCUT2D eigenvalue weighted by molar-refractivity contribution is -0.133. The minimum absolute atomic E-state index is 0.0225. The molecule has 0 heterocycles. The van der Waals surface area contributed by atoms with E-state index < -0.39 is 0 Å². The number of methoxy groups -OCH3 is 1. The lowest BCUT2D eigenvalue weighted by Crippen LogP contribution is -2.50. The maximum atomic E-state index is 12.6. The summed E-state index contributed by atoms with van der Waals surface area (Å²) in [7, 11) is 1.63. The van der Waals surface area contributed by atoms with E-state index in [1.165, 1.54) is 11.1 Å². The van der Waals surface area contributed by atoms with Crippen molar-refractivity contribution in [3.05, 3.63) is 59.2 Å². The lowest BCUT2D eigenvalue weighted by Gasteiger charge is -2.51. The van der Waals surface area contributed by atoms with E-state index in [9.17, 15) is 9.59 Å². The number of hydrogen-bond donors (Lipinski definition) is 1. The van der Waals surface area contributed by atoms with Crippen LogP contribution in [0.5, 0.6) is 11.5 Å². The highest BCUT2D eigenvalue weighted by Gasteiger charge is 2.55. The van der Waals surface area contributed by atoms with Crippen molar-refractivity contribution in [3.8, 4) is 11.5 Å². The zero-order chi connectivity index (χ0) is 24.6. The molecule has 186 valence electrons. The summed E-state index contributed by atoms with van der Waals surface area (Å²) in [5.41, 5.74) is 3.66. The van der Waals surface area contributed by atoms with E-state index in [0.29, 0.717) is 29.3 Å². The molecule has 0 radical (unpaired) electrons. The van der Waals surface area contributed by atoms with E-state index >= 15 is 0 Å². The van der Waals surface area contributed by atoms with Crippen molar-refractivity contribution in [1.82, 2.24) is 5.32 Å². The van der Waals surface area contributed by atoms with Gasteiger partial charge >= 0.3 is 5.97 Å². The second-order valence-corrected chi connectivity index (χ2v) is 10.9. The first-order valence-electron chi connectivity index (χ1n) is 12.7.